The summed E-state index contributed by atoms with van der Waals surface area (Å²) >= 11 is 0. The van der Waals surface area contributed by atoms with Gasteiger partial charge in [0.15, 0.2) is 5.78 Å². The molecule has 2 aromatic carbocycles. The molecule has 0 unspecified atom stereocenters. The van der Waals surface area contributed by atoms with Gasteiger partial charge in [0.2, 0.25) is 0 Å². The van der Waals surface area contributed by atoms with E-state index in [0.29, 0.717) is 6.42 Å². The third kappa shape index (κ3) is 4.50. The largest absolute Gasteiger partial charge is 0.497 e. The highest BCUT2D eigenvalue weighted by molar-refractivity contribution is 6.10. The number of ketones is 1. The van der Waals surface area contributed by atoms with Gasteiger partial charge in [-0.3, -0.25) is 9.59 Å². The van der Waals surface area contributed by atoms with Crippen molar-refractivity contribution in [2.45, 2.75) is 19.3 Å². The van der Waals surface area contributed by atoms with Crippen LogP contribution < -0.4 is 9.64 Å². The Balaban J connectivity index is 1.97. The van der Waals surface area contributed by atoms with Crippen LogP contribution >= 0.6 is 0 Å². The van der Waals surface area contributed by atoms with Gasteiger partial charge in [0.25, 0.3) is 0 Å². The minimum absolute atomic E-state index is 0.206. The molecule has 5 nitrogen and oxygen atoms in total. The molecule has 0 amide bonds. The summed E-state index contributed by atoms with van der Waals surface area (Å²) in [4.78, 5) is 27.6. The number of esters is 1. The highest BCUT2D eigenvalue weighted by Crippen LogP contribution is 2.41. The SMILES string of the molecule is CCOC(=O)[C@@H]1C(=O)C=C(c2ccc(N(C)C)cc2)C[C@H]1c1ccc(OC)cc1. The summed E-state index contributed by atoms with van der Waals surface area (Å²) in [5.41, 5.74) is 3.94. The van der Waals surface area contributed by atoms with E-state index in [9.17, 15) is 9.59 Å². The van der Waals surface area contributed by atoms with Gasteiger partial charge in [-0.1, -0.05) is 24.3 Å². The number of hydrogen-bond acceptors (Lipinski definition) is 5. The topological polar surface area (TPSA) is 55.8 Å². The van der Waals surface area contributed by atoms with E-state index in [1.807, 2.05) is 67.5 Å². The first-order valence-electron chi connectivity index (χ1n) is 9.77. The summed E-state index contributed by atoms with van der Waals surface area (Å²) in [6.07, 6.45) is 2.19. The third-order valence-corrected chi connectivity index (χ3v) is 5.30. The first-order valence-corrected chi connectivity index (χ1v) is 9.77. The van der Waals surface area contributed by atoms with Crippen molar-refractivity contribution in [1.29, 1.82) is 0 Å². The molecular weight excluding hydrogens is 366 g/mol. The molecule has 1 aliphatic carbocycles. The molecule has 0 aliphatic heterocycles. The molecule has 0 N–H and O–H groups in total. The van der Waals surface area contributed by atoms with Crippen LogP contribution in [0.2, 0.25) is 0 Å². The Labute approximate surface area is 171 Å². The number of hydrogen-bond donors (Lipinski definition) is 0. The Morgan fingerprint density at radius 1 is 1.07 bits per heavy atom. The molecule has 2 atom stereocenters. The molecule has 152 valence electrons. The lowest BCUT2D eigenvalue weighted by molar-refractivity contribution is -0.151. The summed E-state index contributed by atoms with van der Waals surface area (Å²) in [7, 11) is 5.59. The molecular formula is C24H27NO4. The van der Waals surface area contributed by atoms with Crippen LogP contribution in [-0.2, 0) is 14.3 Å². The molecule has 29 heavy (non-hydrogen) atoms. The minimum Gasteiger partial charge on any atom is -0.497 e. The van der Waals surface area contributed by atoms with Gasteiger partial charge in [-0.05, 0) is 60.4 Å². The van der Waals surface area contributed by atoms with Crippen LogP contribution in [0.1, 0.15) is 30.4 Å². The van der Waals surface area contributed by atoms with Crippen LogP contribution in [0.15, 0.2) is 54.6 Å². The van der Waals surface area contributed by atoms with Crippen molar-refractivity contribution in [1.82, 2.24) is 0 Å². The number of carbonyl (C=O) groups is 2. The normalized spacial score (nSPS) is 18.8. The maximum Gasteiger partial charge on any atom is 0.317 e. The number of allylic oxidation sites excluding steroid dienone is 2. The van der Waals surface area contributed by atoms with Gasteiger partial charge in [-0.2, -0.15) is 0 Å². The zero-order valence-corrected chi connectivity index (χ0v) is 17.3. The van der Waals surface area contributed by atoms with Crippen molar-refractivity contribution in [2.75, 3.05) is 32.7 Å². The molecule has 0 saturated heterocycles. The third-order valence-electron chi connectivity index (χ3n) is 5.30. The van der Waals surface area contributed by atoms with Crippen molar-refractivity contribution in [3.8, 4) is 5.75 Å². The lowest BCUT2D eigenvalue weighted by Crippen LogP contribution is -2.34. The Bertz CT molecular complexity index is 897. The van der Waals surface area contributed by atoms with Gasteiger partial charge in [0, 0.05) is 25.7 Å². The second-order valence-electron chi connectivity index (χ2n) is 7.33. The Hall–Kier alpha value is -3.08. The first kappa shape index (κ1) is 20.6. The van der Waals surface area contributed by atoms with Gasteiger partial charge >= 0.3 is 5.97 Å². The van der Waals surface area contributed by atoms with Crippen molar-refractivity contribution in [2.24, 2.45) is 5.92 Å². The number of carbonyl (C=O) groups excluding carboxylic acids is 2. The maximum absolute atomic E-state index is 13.0. The van der Waals surface area contributed by atoms with E-state index in [-0.39, 0.29) is 18.3 Å². The van der Waals surface area contributed by atoms with E-state index in [0.717, 1.165) is 28.1 Å². The van der Waals surface area contributed by atoms with Gasteiger partial charge in [0.1, 0.15) is 11.7 Å². The molecule has 0 bridgehead atoms. The van der Waals surface area contributed by atoms with E-state index in [2.05, 4.69) is 0 Å². The highest BCUT2D eigenvalue weighted by Gasteiger charge is 2.39. The Morgan fingerprint density at radius 2 is 1.72 bits per heavy atom. The monoisotopic (exact) mass is 393 g/mol. The van der Waals surface area contributed by atoms with Crippen LogP contribution in [-0.4, -0.2) is 39.6 Å². The van der Waals surface area contributed by atoms with Crippen LogP contribution in [0.3, 0.4) is 0 Å². The summed E-state index contributed by atoms with van der Waals surface area (Å²) in [5, 5.41) is 0. The highest BCUT2D eigenvalue weighted by atomic mass is 16.5. The number of methoxy groups -OCH3 is 1. The van der Waals surface area contributed by atoms with Crippen LogP contribution in [0.25, 0.3) is 5.57 Å². The quantitative estimate of drug-likeness (QED) is 0.547. The van der Waals surface area contributed by atoms with Crippen LogP contribution in [0.5, 0.6) is 5.75 Å². The molecule has 0 radical (unpaired) electrons. The van der Waals surface area contributed by atoms with Gasteiger partial charge < -0.3 is 14.4 Å². The number of anilines is 1. The van der Waals surface area contributed by atoms with E-state index >= 15 is 0 Å². The van der Waals surface area contributed by atoms with E-state index in [1.165, 1.54) is 0 Å². The fraction of sp³-hybridized carbons (Fsp3) is 0.333. The van der Waals surface area contributed by atoms with Crippen LogP contribution in [0, 0.1) is 5.92 Å². The molecule has 0 heterocycles. The van der Waals surface area contributed by atoms with E-state index < -0.39 is 11.9 Å². The lowest BCUT2D eigenvalue weighted by Gasteiger charge is -2.29. The predicted molar refractivity (Wildman–Crippen MR) is 114 cm³/mol. The predicted octanol–water partition coefficient (Wildman–Crippen LogP) is 4.08. The number of benzene rings is 2. The fourth-order valence-electron chi connectivity index (χ4n) is 3.72. The minimum atomic E-state index is -0.826. The fourth-order valence-corrected chi connectivity index (χ4v) is 3.72. The zero-order valence-electron chi connectivity index (χ0n) is 17.3. The smallest absolute Gasteiger partial charge is 0.317 e. The molecule has 0 saturated carbocycles. The van der Waals surface area contributed by atoms with E-state index in [4.69, 9.17) is 9.47 Å². The molecule has 0 fully saturated rings. The molecule has 1 aliphatic rings. The summed E-state index contributed by atoms with van der Waals surface area (Å²) in [6.45, 7) is 2.00. The average molecular weight is 393 g/mol. The number of nitrogens with zero attached hydrogens (tertiary/aromatic N) is 1. The first-order chi connectivity index (χ1) is 13.9. The van der Waals surface area contributed by atoms with Crippen molar-refractivity contribution in [3.05, 3.63) is 65.7 Å². The van der Waals surface area contributed by atoms with Crippen LogP contribution in [0.4, 0.5) is 5.69 Å². The number of rotatable bonds is 6. The number of ether oxygens (including phenoxy) is 2. The summed E-state index contributed by atoms with van der Waals surface area (Å²) < 4.78 is 10.4. The second kappa shape index (κ2) is 8.95. The van der Waals surface area contributed by atoms with E-state index in [1.54, 1.807) is 20.1 Å². The molecule has 5 heteroatoms. The Morgan fingerprint density at radius 3 is 2.28 bits per heavy atom. The summed E-state index contributed by atoms with van der Waals surface area (Å²) in [5.74, 6) is -1.04. The van der Waals surface area contributed by atoms with Gasteiger partial charge in [-0.15, -0.1) is 0 Å². The van der Waals surface area contributed by atoms with Gasteiger partial charge in [-0.25, -0.2) is 0 Å². The standard InChI is InChI=1S/C24H27NO4/c1-5-29-24(27)23-21(17-8-12-20(28-4)13-9-17)14-18(15-22(23)26)16-6-10-19(11-7-16)25(2)3/h6-13,15,21,23H,5,14H2,1-4H3/t21-,23-/m0/s1. The Kier molecular flexibility index (Phi) is 6.37. The van der Waals surface area contributed by atoms with Crippen molar-refractivity contribution < 1.29 is 19.1 Å². The molecule has 2 aromatic rings. The maximum atomic E-state index is 13.0. The summed E-state index contributed by atoms with van der Waals surface area (Å²) in [6, 6.07) is 15.6. The second-order valence-corrected chi connectivity index (χ2v) is 7.33. The lowest BCUT2D eigenvalue weighted by atomic mass is 9.73. The van der Waals surface area contributed by atoms with Crippen molar-refractivity contribution >= 4 is 23.0 Å². The average Bonchev–Trinajstić information content (AvgIpc) is 2.73. The molecule has 0 spiro atoms. The molecule has 0 aromatic heterocycles. The van der Waals surface area contributed by atoms with Crippen molar-refractivity contribution in [3.63, 3.8) is 0 Å². The zero-order chi connectivity index (χ0) is 21.0. The molecule has 3 rings (SSSR count). The van der Waals surface area contributed by atoms with Gasteiger partial charge in [0.05, 0.1) is 13.7 Å².